The Bertz CT molecular complexity index is 308. The first-order valence-electron chi connectivity index (χ1n) is 5.35. The van der Waals surface area contributed by atoms with Crippen LogP contribution in [0.5, 0.6) is 0 Å². The summed E-state index contributed by atoms with van der Waals surface area (Å²) in [5.74, 6) is 0. The molecule has 1 aromatic heterocycles. The number of hydrogen-bond acceptors (Lipinski definition) is 4. The van der Waals surface area contributed by atoms with Crippen LogP contribution in [0.3, 0.4) is 0 Å². The molecular weight excluding hydrogens is 190 g/mol. The van der Waals surface area contributed by atoms with Gasteiger partial charge in [0, 0.05) is 32.4 Å². The standard InChI is InChI=1S/C11H17N3O/c12-11-8-13-3-2-10(11)9-14-4-1-6-15-7-5-14/h2-3,8H,1,4-7,9,12H2. The molecule has 1 aromatic rings. The van der Waals surface area contributed by atoms with E-state index in [0.29, 0.717) is 0 Å². The second kappa shape index (κ2) is 5.09. The van der Waals surface area contributed by atoms with Crippen LogP contribution < -0.4 is 5.73 Å². The summed E-state index contributed by atoms with van der Waals surface area (Å²) in [6.45, 7) is 4.68. The van der Waals surface area contributed by atoms with Gasteiger partial charge in [0.2, 0.25) is 0 Å². The molecule has 2 rings (SSSR count). The van der Waals surface area contributed by atoms with Crippen molar-refractivity contribution in [1.29, 1.82) is 0 Å². The first-order valence-corrected chi connectivity index (χ1v) is 5.35. The Morgan fingerprint density at radius 2 is 2.33 bits per heavy atom. The number of nitrogens with zero attached hydrogens (tertiary/aromatic N) is 2. The zero-order valence-corrected chi connectivity index (χ0v) is 8.85. The summed E-state index contributed by atoms with van der Waals surface area (Å²) in [5, 5.41) is 0. The van der Waals surface area contributed by atoms with E-state index < -0.39 is 0 Å². The van der Waals surface area contributed by atoms with Gasteiger partial charge in [0.1, 0.15) is 0 Å². The Kier molecular flexibility index (Phi) is 3.53. The van der Waals surface area contributed by atoms with E-state index in [1.165, 1.54) is 0 Å². The van der Waals surface area contributed by atoms with E-state index in [9.17, 15) is 0 Å². The topological polar surface area (TPSA) is 51.4 Å². The highest BCUT2D eigenvalue weighted by Crippen LogP contribution is 2.12. The molecule has 2 N–H and O–H groups in total. The van der Waals surface area contributed by atoms with Crippen LogP contribution in [0, 0.1) is 0 Å². The lowest BCUT2D eigenvalue weighted by atomic mass is 10.2. The minimum Gasteiger partial charge on any atom is -0.397 e. The van der Waals surface area contributed by atoms with Crippen LogP contribution >= 0.6 is 0 Å². The maximum Gasteiger partial charge on any atom is 0.0593 e. The van der Waals surface area contributed by atoms with Crippen molar-refractivity contribution in [2.24, 2.45) is 0 Å². The van der Waals surface area contributed by atoms with Crippen LogP contribution in [0.1, 0.15) is 12.0 Å². The molecule has 0 atom stereocenters. The van der Waals surface area contributed by atoms with Gasteiger partial charge < -0.3 is 10.5 Å². The van der Waals surface area contributed by atoms with Crippen LogP contribution in [0.2, 0.25) is 0 Å². The number of hydrogen-bond donors (Lipinski definition) is 1. The Labute approximate surface area is 90.0 Å². The molecule has 1 aliphatic rings. The molecule has 1 fully saturated rings. The van der Waals surface area contributed by atoms with Crippen molar-refractivity contribution < 1.29 is 4.74 Å². The van der Waals surface area contributed by atoms with Gasteiger partial charge in [-0.05, 0) is 18.1 Å². The van der Waals surface area contributed by atoms with Crippen molar-refractivity contribution in [3.63, 3.8) is 0 Å². The Balaban J connectivity index is 1.98. The molecule has 1 aliphatic heterocycles. The fraction of sp³-hybridized carbons (Fsp3) is 0.545. The van der Waals surface area contributed by atoms with Gasteiger partial charge in [0.15, 0.2) is 0 Å². The van der Waals surface area contributed by atoms with Crippen molar-refractivity contribution in [3.8, 4) is 0 Å². The first kappa shape index (κ1) is 10.4. The molecule has 0 saturated carbocycles. The van der Waals surface area contributed by atoms with Crippen LogP contribution in [0.15, 0.2) is 18.5 Å². The molecule has 0 amide bonds. The van der Waals surface area contributed by atoms with Gasteiger partial charge in [0.05, 0.1) is 18.5 Å². The Morgan fingerprint density at radius 3 is 3.20 bits per heavy atom. The average molecular weight is 207 g/mol. The smallest absolute Gasteiger partial charge is 0.0593 e. The summed E-state index contributed by atoms with van der Waals surface area (Å²) in [6.07, 6.45) is 4.61. The summed E-state index contributed by atoms with van der Waals surface area (Å²) in [7, 11) is 0. The second-order valence-corrected chi connectivity index (χ2v) is 3.82. The maximum atomic E-state index is 5.86. The van der Waals surface area contributed by atoms with Crippen molar-refractivity contribution in [2.75, 3.05) is 32.0 Å². The lowest BCUT2D eigenvalue weighted by molar-refractivity contribution is 0.140. The fourth-order valence-corrected chi connectivity index (χ4v) is 1.78. The fourth-order valence-electron chi connectivity index (χ4n) is 1.78. The van der Waals surface area contributed by atoms with Crippen LogP contribution in [0.4, 0.5) is 5.69 Å². The average Bonchev–Trinajstić information content (AvgIpc) is 2.50. The summed E-state index contributed by atoms with van der Waals surface area (Å²) in [4.78, 5) is 6.36. The summed E-state index contributed by atoms with van der Waals surface area (Å²) in [5.41, 5.74) is 7.80. The van der Waals surface area contributed by atoms with Gasteiger partial charge in [0.25, 0.3) is 0 Å². The molecule has 4 nitrogen and oxygen atoms in total. The second-order valence-electron chi connectivity index (χ2n) is 3.82. The number of nitrogens with two attached hydrogens (primary N) is 1. The minimum absolute atomic E-state index is 0.780. The number of rotatable bonds is 2. The summed E-state index contributed by atoms with van der Waals surface area (Å²) >= 11 is 0. The molecule has 0 aliphatic carbocycles. The summed E-state index contributed by atoms with van der Waals surface area (Å²) < 4.78 is 5.41. The zero-order chi connectivity index (χ0) is 10.5. The third kappa shape index (κ3) is 2.91. The van der Waals surface area contributed by atoms with Crippen molar-refractivity contribution in [3.05, 3.63) is 24.0 Å². The molecule has 0 aromatic carbocycles. The Hall–Kier alpha value is -1.13. The summed E-state index contributed by atoms with van der Waals surface area (Å²) in [6, 6.07) is 1.99. The third-order valence-corrected chi connectivity index (χ3v) is 2.66. The lowest BCUT2D eigenvalue weighted by Crippen LogP contribution is -2.26. The number of aromatic nitrogens is 1. The van der Waals surface area contributed by atoms with E-state index in [1.54, 1.807) is 12.4 Å². The molecule has 4 heteroatoms. The van der Waals surface area contributed by atoms with Crippen molar-refractivity contribution >= 4 is 5.69 Å². The van der Waals surface area contributed by atoms with Gasteiger partial charge in [-0.25, -0.2) is 0 Å². The zero-order valence-electron chi connectivity index (χ0n) is 8.85. The molecule has 1 saturated heterocycles. The monoisotopic (exact) mass is 207 g/mol. The van der Waals surface area contributed by atoms with Crippen LogP contribution in [0.25, 0.3) is 0 Å². The Morgan fingerprint density at radius 1 is 1.40 bits per heavy atom. The molecule has 0 bridgehead atoms. The molecule has 0 unspecified atom stereocenters. The quantitative estimate of drug-likeness (QED) is 0.782. The first-order chi connectivity index (χ1) is 7.36. The highest BCUT2D eigenvalue weighted by molar-refractivity contribution is 5.43. The van der Waals surface area contributed by atoms with Crippen LogP contribution in [-0.4, -0.2) is 36.2 Å². The van der Waals surface area contributed by atoms with Crippen molar-refractivity contribution in [1.82, 2.24) is 9.88 Å². The van der Waals surface area contributed by atoms with Gasteiger partial charge in [-0.15, -0.1) is 0 Å². The SMILES string of the molecule is Nc1cnccc1CN1CCCOCC1. The normalized spacial score (nSPS) is 18.7. The van der Waals surface area contributed by atoms with Gasteiger partial charge >= 0.3 is 0 Å². The molecule has 0 radical (unpaired) electrons. The molecule has 2 heterocycles. The molecule has 0 spiro atoms. The highest BCUT2D eigenvalue weighted by atomic mass is 16.5. The van der Waals surface area contributed by atoms with E-state index >= 15 is 0 Å². The number of nitrogen functional groups attached to an aromatic ring is 1. The van der Waals surface area contributed by atoms with E-state index in [-0.39, 0.29) is 0 Å². The largest absolute Gasteiger partial charge is 0.397 e. The predicted octanol–water partition coefficient (Wildman–Crippen LogP) is 0.886. The number of pyridine rings is 1. The van der Waals surface area contributed by atoms with Gasteiger partial charge in [-0.1, -0.05) is 0 Å². The molecular formula is C11H17N3O. The van der Waals surface area contributed by atoms with Crippen LogP contribution in [-0.2, 0) is 11.3 Å². The van der Waals surface area contributed by atoms with E-state index in [0.717, 1.165) is 50.5 Å². The lowest BCUT2D eigenvalue weighted by Gasteiger charge is -2.19. The van der Waals surface area contributed by atoms with E-state index in [1.807, 2.05) is 6.07 Å². The molecule has 15 heavy (non-hydrogen) atoms. The highest BCUT2D eigenvalue weighted by Gasteiger charge is 2.10. The maximum absolute atomic E-state index is 5.86. The van der Waals surface area contributed by atoms with Gasteiger partial charge in [-0.3, -0.25) is 9.88 Å². The molecule has 82 valence electrons. The third-order valence-electron chi connectivity index (χ3n) is 2.66. The number of anilines is 1. The van der Waals surface area contributed by atoms with Gasteiger partial charge in [-0.2, -0.15) is 0 Å². The number of ether oxygens (including phenoxy) is 1. The predicted molar refractivity (Wildman–Crippen MR) is 59.4 cm³/mol. The van der Waals surface area contributed by atoms with E-state index in [4.69, 9.17) is 10.5 Å². The van der Waals surface area contributed by atoms with E-state index in [2.05, 4.69) is 9.88 Å². The van der Waals surface area contributed by atoms with Crippen molar-refractivity contribution in [2.45, 2.75) is 13.0 Å². The minimum atomic E-state index is 0.780.